The quantitative estimate of drug-likeness (QED) is 0.149. The van der Waals surface area contributed by atoms with Crippen molar-refractivity contribution in [2.45, 2.75) is 19.3 Å². The molecule has 43 heavy (non-hydrogen) atoms. The summed E-state index contributed by atoms with van der Waals surface area (Å²) >= 11 is 0. The van der Waals surface area contributed by atoms with E-state index in [1.54, 1.807) is 0 Å². The number of rotatable bonds is 2. The van der Waals surface area contributed by atoms with Gasteiger partial charge in [0.1, 0.15) is 0 Å². The fraction of sp³-hybridized carbons (Fsp3) is 0.0698. The highest BCUT2D eigenvalue weighted by atomic mass is 14.4. The average molecular weight is 547 g/mol. The molecule has 0 heterocycles. The lowest BCUT2D eigenvalue weighted by molar-refractivity contribution is 0.661. The van der Waals surface area contributed by atoms with Crippen LogP contribution in [-0.2, 0) is 5.41 Å². The van der Waals surface area contributed by atoms with Gasteiger partial charge in [-0.15, -0.1) is 0 Å². The van der Waals surface area contributed by atoms with Crippen LogP contribution in [0.2, 0.25) is 0 Å². The van der Waals surface area contributed by atoms with Crippen molar-refractivity contribution in [1.82, 2.24) is 0 Å². The summed E-state index contributed by atoms with van der Waals surface area (Å²) in [5.74, 6) is 0. The summed E-state index contributed by atoms with van der Waals surface area (Å²) in [5.41, 5.74) is 10.6. The Kier molecular flexibility index (Phi) is 5.05. The molecule has 0 fully saturated rings. The largest absolute Gasteiger partial charge is 0.0622 e. The van der Waals surface area contributed by atoms with E-state index < -0.39 is 0 Å². The summed E-state index contributed by atoms with van der Waals surface area (Å²) in [6, 6.07) is 54.1. The third kappa shape index (κ3) is 3.44. The van der Waals surface area contributed by atoms with Crippen LogP contribution >= 0.6 is 0 Å². The maximum atomic E-state index is 2.49. The maximum absolute atomic E-state index is 2.49. The van der Waals surface area contributed by atoms with Crippen molar-refractivity contribution >= 4 is 43.1 Å². The topological polar surface area (TPSA) is 0 Å². The second-order valence-corrected chi connectivity index (χ2v) is 12.5. The summed E-state index contributed by atoms with van der Waals surface area (Å²) in [4.78, 5) is 0. The molecule has 1 aliphatic carbocycles. The van der Waals surface area contributed by atoms with Crippen LogP contribution in [0.5, 0.6) is 0 Å². The van der Waals surface area contributed by atoms with Gasteiger partial charge in [0.25, 0.3) is 0 Å². The van der Waals surface area contributed by atoms with Gasteiger partial charge in [-0.05, 0) is 106 Å². The molecule has 0 aliphatic heterocycles. The lowest BCUT2D eigenvalue weighted by Crippen LogP contribution is -2.15. The number of benzene rings is 8. The molecule has 202 valence electrons. The molecule has 0 bridgehead atoms. The number of fused-ring (bicyclic) bond motifs is 8. The van der Waals surface area contributed by atoms with Crippen LogP contribution < -0.4 is 0 Å². The van der Waals surface area contributed by atoms with Crippen molar-refractivity contribution in [3.63, 3.8) is 0 Å². The molecular formula is C43H30. The molecule has 8 aromatic carbocycles. The average Bonchev–Trinajstić information content (AvgIpc) is 3.27. The van der Waals surface area contributed by atoms with Crippen LogP contribution in [0.15, 0.2) is 146 Å². The molecule has 0 saturated carbocycles. The Hall–Kier alpha value is -5.20. The van der Waals surface area contributed by atoms with Gasteiger partial charge in [0.05, 0.1) is 0 Å². The van der Waals surface area contributed by atoms with Crippen molar-refractivity contribution in [3.05, 3.63) is 157 Å². The zero-order chi connectivity index (χ0) is 28.7. The fourth-order valence-corrected chi connectivity index (χ4v) is 7.74. The molecule has 0 atom stereocenters. The van der Waals surface area contributed by atoms with E-state index in [1.807, 2.05) is 0 Å². The molecule has 0 aromatic heterocycles. The van der Waals surface area contributed by atoms with Crippen LogP contribution in [0, 0.1) is 0 Å². The highest BCUT2D eigenvalue weighted by Crippen LogP contribution is 2.52. The zero-order valence-corrected chi connectivity index (χ0v) is 24.4. The molecular weight excluding hydrogens is 516 g/mol. The highest BCUT2D eigenvalue weighted by molar-refractivity contribution is 6.28. The Morgan fingerprint density at radius 1 is 0.372 bits per heavy atom. The zero-order valence-electron chi connectivity index (χ0n) is 24.4. The van der Waals surface area contributed by atoms with Gasteiger partial charge < -0.3 is 0 Å². The van der Waals surface area contributed by atoms with Crippen molar-refractivity contribution in [3.8, 4) is 33.4 Å². The van der Waals surface area contributed by atoms with E-state index in [9.17, 15) is 0 Å². The smallest absolute Gasteiger partial charge is 0.0159 e. The van der Waals surface area contributed by atoms with Crippen LogP contribution in [-0.4, -0.2) is 0 Å². The van der Waals surface area contributed by atoms with E-state index in [0.29, 0.717) is 0 Å². The molecule has 9 rings (SSSR count). The summed E-state index contributed by atoms with van der Waals surface area (Å²) in [6.07, 6.45) is 0. The third-order valence-corrected chi connectivity index (χ3v) is 9.81. The fourth-order valence-electron chi connectivity index (χ4n) is 7.74. The Morgan fingerprint density at radius 3 is 1.74 bits per heavy atom. The van der Waals surface area contributed by atoms with Crippen molar-refractivity contribution in [2.24, 2.45) is 0 Å². The lowest BCUT2D eigenvalue weighted by atomic mass is 9.79. The van der Waals surface area contributed by atoms with Gasteiger partial charge in [0.2, 0.25) is 0 Å². The molecule has 0 radical (unpaired) electrons. The second-order valence-electron chi connectivity index (χ2n) is 12.5. The van der Waals surface area contributed by atoms with E-state index in [4.69, 9.17) is 0 Å². The van der Waals surface area contributed by atoms with E-state index in [2.05, 4.69) is 159 Å². The Labute approximate surface area is 251 Å². The van der Waals surface area contributed by atoms with Crippen LogP contribution in [0.3, 0.4) is 0 Å². The van der Waals surface area contributed by atoms with Crippen LogP contribution in [0.4, 0.5) is 0 Å². The van der Waals surface area contributed by atoms with Gasteiger partial charge in [-0.25, -0.2) is 0 Å². The Morgan fingerprint density at radius 2 is 0.977 bits per heavy atom. The first-order valence-corrected chi connectivity index (χ1v) is 15.2. The minimum atomic E-state index is -0.0949. The Balaban J connectivity index is 1.40. The third-order valence-electron chi connectivity index (χ3n) is 9.81. The predicted octanol–water partition coefficient (Wildman–Crippen LogP) is 11.9. The van der Waals surface area contributed by atoms with Crippen molar-refractivity contribution < 1.29 is 0 Å². The van der Waals surface area contributed by atoms with Gasteiger partial charge in [0, 0.05) is 5.41 Å². The monoisotopic (exact) mass is 546 g/mol. The molecule has 0 heteroatoms. The molecule has 0 saturated heterocycles. The molecule has 0 unspecified atom stereocenters. The summed E-state index contributed by atoms with van der Waals surface area (Å²) in [6.45, 7) is 4.78. The molecule has 0 amide bonds. The van der Waals surface area contributed by atoms with Gasteiger partial charge in [-0.3, -0.25) is 0 Å². The highest BCUT2D eigenvalue weighted by Gasteiger charge is 2.36. The van der Waals surface area contributed by atoms with Gasteiger partial charge in [-0.1, -0.05) is 141 Å². The number of hydrogen-bond acceptors (Lipinski definition) is 0. The van der Waals surface area contributed by atoms with Gasteiger partial charge >= 0.3 is 0 Å². The lowest BCUT2D eigenvalue weighted by Gasteiger charge is -2.23. The molecule has 0 nitrogen and oxygen atoms in total. The Bertz CT molecular complexity index is 2410. The van der Waals surface area contributed by atoms with Crippen LogP contribution in [0.25, 0.3) is 76.5 Å². The first-order chi connectivity index (χ1) is 21.1. The van der Waals surface area contributed by atoms with Gasteiger partial charge in [0.15, 0.2) is 0 Å². The molecule has 0 N–H and O–H groups in total. The minimum absolute atomic E-state index is 0.0949. The number of hydrogen-bond donors (Lipinski definition) is 0. The summed E-state index contributed by atoms with van der Waals surface area (Å²) < 4.78 is 0. The van der Waals surface area contributed by atoms with Crippen LogP contribution in [0.1, 0.15) is 25.0 Å². The SMILES string of the molecule is CC1(C)c2cc(-c3c4ccccc4c(-c4ccccc4)c4ccc5ccccc5c34)ccc2-c2cc3ccccc3cc21. The van der Waals surface area contributed by atoms with Crippen molar-refractivity contribution in [2.75, 3.05) is 0 Å². The van der Waals surface area contributed by atoms with E-state index in [1.165, 1.54) is 87.6 Å². The minimum Gasteiger partial charge on any atom is -0.0622 e. The predicted molar refractivity (Wildman–Crippen MR) is 185 cm³/mol. The summed E-state index contributed by atoms with van der Waals surface area (Å²) in [7, 11) is 0. The van der Waals surface area contributed by atoms with Gasteiger partial charge in [-0.2, -0.15) is 0 Å². The first-order valence-electron chi connectivity index (χ1n) is 15.2. The van der Waals surface area contributed by atoms with E-state index in [0.717, 1.165) is 0 Å². The normalized spacial score (nSPS) is 13.5. The first kappa shape index (κ1) is 24.4. The second kappa shape index (κ2) is 8.90. The maximum Gasteiger partial charge on any atom is 0.0159 e. The van der Waals surface area contributed by atoms with E-state index >= 15 is 0 Å². The molecule has 8 aromatic rings. The molecule has 1 aliphatic rings. The standard InChI is InChI=1S/C43H30/c1-43(2)38-26-31(21-22-33(38)37-24-29-15-6-7-16-30(29)25-39(37)43)41-35-19-11-10-18-34(35)40(28-13-4-3-5-14-28)36-23-20-27-12-8-9-17-32(27)42(36)41/h3-26H,1-2H3. The molecule has 0 spiro atoms. The van der Waals surface area contributed by atoms with Crippen molar-refractivity contribution in [1.29, 1.82) is 0 Å². The van der Waals surface area contributed by atoms with E-state index in [-0.39, 0.29) is 5.41 Å². The summed E-state index contributed by atoms with van der Waals surface area (Å²) in [5, 5.41) is 10.4.